The van der Waals surface area contributed by atoms with Gasteiger partial charge in [-0.15, -0.1) is 0 Å². The monoisotopic (exact) mass is 374 g/mol. The van der Waals surface area contributed by atoms with E-state index in [0.717, 1.165) is 17.7 Å². The number of hydrogen-bond acceptors (Lipinski definition) is 0. The van der Waals surface area contributed by atoms with E-state index in [1.165, 1.54) is 29.3 Å². The van der Waals surface area contributed by atoms with Gasteiger partial charge in [0.15, 0.2) is 0 Å². The van der Waals surface area contributed by atoms with Crippen molar-refractivity contribution in [3.05, 3.63) is 34.3 Å². The number of alkyl halides is 1. The van der Waals surface area contributed by atoms with E-state index in [9.17, 15) is 0 Å². The summed E-state index contributed by atoms with van der Waals surface area (Å²) in [4.78, 5) is 0. The van der Waals surface area contributed by atoms with E-state index >= 15 is 0 Å². The molecule has 0 nitrogen and oxygen atoms in total. The van der Waals surface area contributed by atoms with Gasteiger partial charge in [0.05, 0.1) is 0 Å². The molecule has 2 heteroatoms. The molecule has 0 aliphatic heterocycles. The van der Waals surface area contributed by atoms with Gasteiger partial charge in [0.1, 0.15) is 0 Å². The predicted molar refractivity (Wildman–Crippen MR) is 88.4 cm³/mol. The van der Waals surface area contributed by atoms with Crippen LogP contribution in [0.4, 0.5) is 0 Å². The molecular formula is C16H24Br2. The number of benzene rings is 1. The Morgan fingerprint density at radius 2 is 1.83 bits per heavy atom. The Kier molecular flexibility index (Phi) is 6.94. The molecule has 1 rings (SSSR count). The third-order valence-electron chi connectivity index (χ3n) is 3.22. The van der Waals surface area contributed by atoms with Gasteiger partial charge in [0.25, 0.3) is 0 Å². The molecule has 0 N–H and O–H groups in total. The topological polar surface area (TPSA) is 0 Å². The van der Waals surface area contributed by atoms with Crippen molar-refractivity contribution in [2.24, 2.45) is 11.3 Å². The minimum absolute atomic E-state index is 0.462. The van der Waals surface area contributed by atoms with Crippen LogP contribution < -0.4 is 0 Å². The highest BCUT2D eigenvalue weighted by Gasteiger charge is 2.14. The summed E-state index contributed by atoms with van der Waals surface area (Å²) in [5.41, 5.74) is 1.89. The van der Waals surface area contributed by atoms with Crippen LogP contribution in [0.5, 0.6) is 0 Å². The van der Waals surface area contributed by atoms with Gasteiger partial charge < -0.3 is 0 Å². The lowest BCUT2D eigenvalue weighted by Crippen LogP contribution is -2.10. The maximum Gasteiger partial charge on any atom is 0.0207 e. The summed E-state index contributed by atoms with van der Waals surface area (Å²) in [6.45, 7) is 6.97. The number of rotatable bonds is 6. The maximum absolute atomic E-state index is 3.66. The lowest BCUT2D eigenvalue weighted by molar-refractivity contribution is 0.344. The van der Waals surface area contributed by atoms with Gasteiger partial charge in [-0.25, -0.2) is 0 Å². The summed E-state index contributed by atoms with van der Waals surface area (Å²) in [6.07, 6.45) is 5.11. The Balaban J connectivity index is 2.45. The van der Waals surface area contributed by atoms with Gasteiger partial charge in [-0.1, -0.05) is 77.3 Å². The van der Waals surface area contributed by atoms with Crippen molar-refractivity contribution in [2.75, 3.05) is 5.33 Å². The Hall–Kier alpha value is 0.180. The average molecular weight is 376 g/mol. The van der Waals surface area contributed by atoms with Crippen LogP contribution in [0, 0.1) is 11.3 Å². The molecule has 0 heterocycles. The standard InChI is InChI=1S/C16H24Br2/c1-16(2,3)10-6-7-13(12-17)11-14-8-4-5-9-15(14)18/h4-5,8-9,13H,6-7,10-12H2,1-3H3. The summed E-state index contributed by atoms with van der Waals surface area (Å²) < 4.78 is 1.24. The number of halogens is 2. The summed E-state index contributed by atoms with van der Waals surface area (Å²) >= 11 is 7.30. The third kappa shape index (κ3) is 6.38. The van der Waals surface area contributed by atoms with E-state index in [4.69, 9.17) is 0 Å². The van der Waals surface area contributed by atoms with Crippen molar-refractivity contribution in [3.8, 4) is 0 Å². The summed E-state index contributed by atoms with van der Waals surface area (Å²) in [6, 6.07) is 8.57. The summed E-state index contributed by atoms with van der Waals surface area (Å²) in [5, 5.41) is 1.10. The maximum atomic E-state index is 3.66. The molecule has 0 radical (unpaired) electrons. The first-order chi connectivity index (χ1) is 8.42. The van der Waals surface area contributed by atoms with Crippen LogP contribution in [0.1, 0.15) is 45.6 Å². The molecule has 102 valence electrons. The van der Waals surface area contributed by atoms with Crippen molar-refractivity contribution >= 4 is 31.9 Å². The predicted octanol–water partition coefficient (Wildman–Crippen LogP) is 6.22. The Morgan fingerprint density at radius 3 is 2.39 bits per heavy atom. The minimum atomic E-state index is 0.462. The van der Waals surface area contributed by atoms with E-state index in [1.54, 1.807) is 0 Å². The smallest absolute Gasteiger partial charge is 0.0207 e. The SMILES string of the molecule is CC(C)(C)CCCC(CBr)Cc1ccccc1Br. The Labute approximate surface area is 129 Å². The largest absolute Gasteiger partial charge is 0.0925 e. The van der Waals surface area contributed by atoms with Crippen molar-refractivity contribution in [3.63, 3.8) is 0 Å². The molecule has 0 bridgehead atoms. The first-order valence-electron chi connectivity index (χ1n) is 6.72. The molecule has 0 spiro atoms. The van der Waals surface area contributed by atoms with Crippen LogP contribution in [-0.4, -0.2) is 5.33 Å². The molecule has 1 atom stereocenters. The molecule has 0 aliphatic rings. The molecule has 1 aromatic carbocycles. The fourth-order valence-corrected chi connectivity index (χ4v) is 3.13. The van der Waals surface area contributed by atoms with Gasteiger partial charge in [-0.3, -0.25) is 0 Å². The lowest BCUT2D eigenvalue weighted by atomic mass is 9.87. The Bertz CT molecular complexity index is 352. The highest BCUT2D eigenvalue weighted by atomic mass is 79.9. The molecule has 1 aromatic rings. The van der Waals surface area contributed by atoms with Crippen LogP contribution in [0.25, 0.3) is 0 Å². The number of hydrogen-bond donors (Lipinski definition) is 0. The molecule has 18 heavy (non-hydrogen) atoms. The van der Waals surface area contributed by atoms with Crippen molar-refractivity contribution in [2.45, 2.75) is 46.5 Å². The summed E-state index contributed by atoms with van der Waals surface area (Å²) in [7, 11) is 0. The van der Waals surface area contributed by atoms with Gasteiger partial charge in [0, 0.05) is 9.80 Å². The molecule has 0 saturated carbocycles. The van der Waals surface area contributed by atoms with Gasteiger partial charge >= 0.3 is 0 Å². The second-order valence-electron chi connectivity index (χ2n) is 6.27. The normalized spacial score (nSPS) is 13.6. The van der Waals surface area contributed by atoms with Crippen LogP contribution >= 0.6 is 31.9 Å². The van der Waals surface area contributed by atoms with Gasteiger partial charge in [-0.2, -0.15) is 0 Å². The van der Waals surface area contributed by atoms with Crippen LogP contribution in [-0.2, 0) is 6.42 Å². The van der Waals surface area contributed by atoms with E-state index in [2.05, 4.69) is 76.9 Å². The van der Waals surface area contributed by atoms with Crippen LogP contribution in [0.15, 0.2) is 28.7 Å². The molecule has 0 fully saturated rings. The van der Waals surface area contributed by atoms with E-state index in [-0.39, 0.29) is 0 Å². The quantitative estimate of drug-likeness (QED) is 0.517. The molecule has 1 unspecified atom stereocenters. The fourth-order valence-electron chi connectivity index (χ4n) is 2.13. The van der Waals surface area contributed by atoms with Crippen molar-refractivity contribution in [1.29, 1.82) is 0 Å². The van der Waals surface area contributed by atoms with Gasteiger partial charge in [0.2, 0.25) is 0 Å². The minimum Gasteiger partial charge on any atom is -0.0925 e. The van der Waals surface area contributed by atoms with Crippen molar-refractivity contribution < 1.29 is 0 Å². The van der Waals surface area contributed by atoms with Gasteiger partial charge in [-0.05, 0) is 42.2 Å². The Morgan fingerprint density at radius 1 is 1.17 bits per heavy atom. The lowest BCUT2D eigenvalue weighted by Gasteiger charge is -2.20. The average Bonchev–Trinajstić information content (AvgIpc) is 2.29. The molecular weight excluding hydrogens is 352 g/mol. The molecule has 0 aromatic heterocycles. The zero-order valence-corrected chi connectivity index (χ0v) is 14.9. The fraction of sp³-hybridized carbons (Fsp3) is 0.625. The first kappa shape index (κ1) is 16.2. The second kappa shape index (κ2) is 7.69. The molecule has 0 amide bonds. The van der Waals surface area contributed by atoms with E-state index in [0.29, 0.717) is 5.41 Å². The van der Waals surface area contributed by atoms with Crippen LogP contribution in [0.3, 0.4) is 0 Å². The highest BCUT2D eigenvalue weighted by Crippen LogP contribution is 2.27. The van der Waals surface area contributed by atoms with E-state index in [1.807, 2.05) is 0 Å². The van der Waals surface area contributed by atoms with Crippen molar-refractivity contribution in [1.82, 2.24) is 0 Å². The third-order valence-corrected chi connectivity index (χ3v) is 4.91. The highest BCUT2D eigenvalue weighted by molar-refractivity contribution is 9.10. The molecule has 0 aliphatic carbocycles. The second-order valence-corrected chi connectivity index (χ2v) is 7.77. The molecule has 0 saturated heterocycles. The zero-order valence-electron chi connectivity index (χ0n) is 11.7. The van der Waals surface area contributed by atoms with Crippen LogP contribution in [0.2, 0.25) is 0 Å². The summed E-state index contributed by atoms with van der Waals surface area (Å²) in [5.74, 6) is 0.742. The van der Waals surface area contributed by atoms with E-state index < -0.39 is 0 Å². The zero-order chi connectivity index (χ0) is 13.6. The first-order valence-corrected chi connectivity index (χ1v) is 8.63.